The summed E-state index contributed by atoms with van der Waals surface area (Å²) in [5, 5.41) is 1.70. The average molecular weight is 299 g/mol. The molecule has 0 amide bonds. The van der Waals surface area contributed by atoms with Gasteiger partial charge in [-0.15, -0.1) is 0 Å². The first-order valence-corrected chi connectivity index (χ1v) is 7.09. The maximum Gasteiger partial charge on any atom is 0.248 e. The van der Waals surface area contributed by atoms with Crippen LogP contribution in [-0.2, 0) is 6.54 Å². The SMILES string of the molecule is Cc1cc(=O)[nH]c2ccc(-c3cccc(Cl)c3CN)cc12. The van der Waals surface area contributed by atoms with Crippen LogP contribution in [0, 0.1) is 6.92 Å². The molecule has 0 fully saturated rings. The van der Waals surface area contributed by atoms with Crippen LogP contribution in [-0.4, -0.2) is 4.98 Å². The third-order valence-electron chi connectivity index (χ3n) is 3.68. The number of aromatic amines is 1. The molecule has 0 spiro atoms. The number of nitrogens with one attached hydrogen (secondary N) is 1. The summed E-state index contributed by atoms with van der Waals surface area (Å²) in [5.41, 5.74) is 10.5. The molecule has 0 atom stereocenters. The summed E-state index contributed by atoms with van der Waals surface area (Å²) in [7, 11) is 0. The van der Waals surface area contributed by atoms with Crippen molar-refractivity contribution in [2.24, 2.45) is 5.73 Å². The standard InChI is InChI=1S/C17H15ClN2O/c1-10-7-17(21)20-16-6-5-11(8-13(10)16)12-3-2-4-15(18)14(12)9-19/h2-8H,9,19H2,1H3,(H,20,21). The molecule has 0 unspecified atom stereocenters. The van der Waals surface area contributed by atoms with Gasteiger partial charge in [0.25, 0.3) is 0 Å². The molecular formula is C17H15ClN2O. The molecule has 3 nitrogen and oxygen atoms in total. The number of H-pyrrole nitrogens is 1. The predicted molar refractivity (Wildman–Crippen MR) is 87.6 cm³/mol. The Balaban J connectivity index is 2.27. The highest BCUT2D eigenvalue weighted by Crippen LogP contribution is 2.31. The predicted octanol–water partition coefficient (Wildman–Crippen LogP) is 3.62. The minimum atomic E-state index is -0.0850. The highest BCUT2D eigenvalue weighted by Gasteiger charge is 2.09. The first-order valence-electron chi connectivity index (χ1n) is 6.71. The van der Waals surface area contributed by atoms with Crippen LogP contribution in [0.5, 0.6) is 0 Å². The largest absolute Gasteiger partial charge is 0.326 e. The van der Waals surface area contributed by atoms with Crippen molar-refractivity contribution in [1.82, 2.24) is 4.98 Å². The Bertz CT molecular complexity index is 884. The molecule has 1 heterocycles. The van der Waals surface area contributed by atoms with Crippen molar-refractivity contribution < 1.29 is 0 Å². The van der Waals surface area contributed by atoms with Gasteiger partial charge in [-0.25, -0.2) is 0 Å². The fraction of sp³-hybridized carbons (Fsp3) is 0.118. The Labute approximate surface area is 127 Å². The van der Waals surface area contributed by atoms with Gasteiger partial charge in [-0.05, 0) is 47.4 Å². The number of rotatable bonds is 2. The van der Waals surface area contributed by atoms with E-state index in [0.717, 1.165) is 33.2 Å². The molecule has 4 heteroatoms. The number of benzene rings is 2. The van der Waals surface area contributed by atoms with Gasteiger partial charge in [-0.2, -0.15) is 0 Å². The van der Waals surface area contributed by atoms with Crippen LogP contribution < -0.4 is 11.3 Å². The number of aryl methyl sites for hydroxylation is 1. The van der Waals surface area contributed by atoms with Crippen molar-refractivity contribution in [3.05, 3.63) is 69.0 Å². The molecule has 0 aliphatic heterocycles. The molecule has 0 saturated carbocycles. The second-order valence-corrected chi connectivity index (χ2v) is 5.45. The lowest BCUT2D eigenvalue weighted by molar-refractivity contribution is 1.07. The van der Waals surface area contributed by atoms with Crippen molar-refractivity contribution in [2.75, 3.05) is 0 Å². The number of hydrogen-bond donors (Lipinski definition) is 2. The van der Waals surface area contributed by atoms with Crippen LogP contribution in [0.25, 0.3) is 22.0 Å². The number of pyridine rings is 1. The molecule has 21 heavy (non-hydrogen) atoms. The normalized spacial score (nSPS) is 11.0. The number of fused-ring (bicyclic) bond motifs is 1. The van der Waals surface area contributed by atoms with E-state index in [-0.39, 0.29) is 5.56 Å². The molecule has 3 aromatic rings. The summed E-state index contributed by atoms with van der Waals surface area (Å²) in [4.78, 5) is 14.4. The van der Waals surface area contributed by atoms with Crippen molar-refractivity contribution >= 4 is 22.5 Å². The summed E-state index contributed by atoms with van der Waals surface area (Å²) >= 11 is 6.22. The molecule has 2 aromatic carbocycles. The Morgan fingerprint density at radius 3 is 2.76 bits per heavy atom. The van der Waals surface area contributed by atoms with E-state index >= 15 is 0 Å². The van der Waals surface area contributed by atoms with Crippen molar-refractivity contribution in [2.45, 2.75) is 13.5 Å². The maximum atomic E-state index is 11.5. The van der Waals surface area contributed by atoms with Gasteiger partial charge in [0.15, 0.2) is 0 Å². The highest BCUT2D eigenvalue weighted by atomic mass is 35.5. The van der Waals surface area contributed by atoms with E-state index in [1.165, 1.54) is 0 Å². The lowest BCUT2D eigenvalue weighted by Crippen LogP contribution is -2.05. The highest BCUT2D eigenvalue weighted by molar-refractivity contribution is 6.31. The lowest BCUT2D eigenvalue weighted by Gasteiger charge is -2.11. The van der Waals surface area contributed by atoms with Crippen molar-refractivity contribution in [3.8, 4) is 11.1 Å². The zero-order chi connectivity index (χ0) is 15.0. The quantitative estimate of drug-likeness (QED) is 0.759. The molecule has 1 aromatic heterocycles. The zero-order valence-electron chi connectivity index (χ0n) is 11.6. The van der Waals surface area contributed by atoms with Gasteiger partial charge in [0.2, 0.25) is 5.56 Å². The van der Waals surface area contributed by atoms with Crippen LogP contribution >= 0.6 is 11.6 Å². The number of hydrogen-bond acceptors (Lipinski definition) is 2. The van der Waals surface area contributed by atoms with Gasteiger partial charge >= 0.3 is 0 Å². The van der Waals surface area contributed by atoms with Crippen LogP contribution in [0.1, 0.15) is 11.1 Å². The number of aromatic nitrogens is 1. The Kier molecular flexibility index (Phi) is 3.53. The van der Waals surface area contributed by atoms with E-state index in [2.05, 4.69) is 11.1 Å². The molecule has 0 bridgehead atoms. The maximum absolute atomic E-state index is 11.5. The van der Waals surface area contributed by atoms with Gasteiger partial charge in [-0.1, -0.05) is 29.8 Å². The van der Waals surface area contributed by atoms with E-state index in [4.69, 9.17) is 17.3 Å². The van der Waals surface area contributed by atoms with E-state index in [9.17, 15) is 4.79 Å². The second kappa shape index (κ2) is 5.35. The monoisotopic (exact) mass is 298 g/mol. The first-order chi connectivity index (χ1) is 10.1. The van der Waals surface area contributed by atoms with Crippen LogP contribution in [0.4, 0.5) is 0 Å². The van der Waals surface area contributed by atoms with Crippen molar-refractivity contribution in [3.63, 3.8) is 0 Å². The summed E-state index contributed by atoms with van der Waals surface area (Å²) in [6, 6.07) is 13.3. The fourth-order valence-electron chi connectivity index (χ4n) is 2.63. The first kappa shape index (κ1) is 13.9. The third-order valence-corrected chi connectivity index (χ3v) is 4.04. The minimum absolute atomic E-state index is 0.0850. The number of nitrogens with two attached hydrogens (primary N) is 1. The van der Waals surface area contributed by atoms with E-state index in [1.807, 2.05) is 37.3 Å². The Morgan fingerprint density at radius 2 is 2.00 bits per heavy atom. The molecule has 3 N–H and O–H groups in total. The second-order valence-electron chi connectivity index (χ2n) is 5.05. The lowest BCUT2D eigenvalue weighted by atomic mass is 9.97. The smallest absolute Gasteiger partial charge is 0.248 e. The van der Waals surface area contributed by atoms with Crippen LogP contribution in [0.3, 0.4) is 0 Å². The summed E-state index contributed by atoms with van der Waals surface area (Å²) in [6.45, 7) is 2.32. The summed E-state index contributed by atoms with van der Waals surface area (Å²) < 4.78 is 0. The van der Waals surface area contributed by atoms with Gasteiger partial charge < -0.3 is 10.7 Å². The van der Waals surface area contributed by atoms with Gasteiger partial charge in [0.05, 0.1) is 0 Å². The van der Waals surface area contributed by atoms with Crippen molar-refractivity contribution in [1.29, 1.82) is 0 Å². The minimum Gasteiger partial charge on any atom is -0.326 e. The fourth-order valence-corrected chi connectivity index (χ4v) is 2.88. The van der Waals surface area contributed by atoms with Gasteiger partial charge in [-0.3, -0.25) is 4.79 Å². The summed E-state index contributed by atoms with van der Waals surface area (Å²) in [6.07, 6.45) is 0. The molecule has 3 rings (SSSR count). The van der Waals surface area contributed by atoms with E-state index in [1.54, 1.807) is 6.07 Å². The molecule has 0 aliphatic rings. The van der Waals surface area contributed by atoms with Gasteiger partial charge in [0, 0.05) is 28.5 Å². The molecular weight excluding hydrogens is 284 g/mol. The van der Waals surface area contributed by atoms with E-state index < -0.39 is 0 Å². The van der Waals surface area contributed by atoms with Crippen LogP contribution in [0.2, 0.25) is 5.02 Å². The van der Waals surface area contributed by atoms with Crippen LogP contribution in [0.15, 0.2) is 47.3 Å². The number of halogens is 1. The third kappa shape index (κ3) is 2.46. The average Bonchev–Trinajstić information content (AvgIpc) is 2.46. The molecule has 106 valence electrons. The molecule has 0 aliphatic carbocycles. The zero-order valence-corrected chi connectivity index (χ0v) is 12.4. The molecule has 0 radical (unpaired) electrons. The summed E-state index contributed by atoms with van der Waals surface area (Å²) in [5.74, 6) is 0. The molecule has 0 saturated heterocycles. The Morgan fingerprint density at radius 1 is 1.19 bits per heavy atom. The van der Waals surface area contributed by atoms with E-state index in [0.29, 0.717) is 11.6 Å². The Hall–Kier alpha value is -2.10. The topological polar surface area (TPSA) is 58.9 Å². The van der Waals surface area contributed by atoms with Gasteiger partial charge in [0.1, 0.15) is 0 Å².